The highest BCUT2D eigenvalue weighted by molar-refractivity contribution is 8.00. The molecule has 3 N–H and O–H groups in total. The Hall–Kier alpha value is -4.65. The number of amides is 3. The molecule has 3 aromatic rings. The van der Waals surface area contributed by atoms with Gasteiger partial charge in [0.2, 0.25) is 5.91 Å². The molecule has 0 aliphatic carbocycles. The first kappa shape index (κ1) is 30.4. The summed E-state index contributed by atoms with van der Waals surface area (Å²) in [5.74, 6) is 1.01. The lowest BCUT2D eigenvalue weighted by molar-refractivity contribution is -0.113. The van der Waals surface area contributed by atoms with Crippen LogP contribution in [0.3, 0.4) is 0 Å². The summed E-state index contributed by atoms with van der Waals surface area (Å²) in [5, 5.41) is 8.62. The van der Waals surface area contributed by atoms with Crippen molar-refractivity contribution in [3.8, 4) is 11.5 Å². The number of hydrogen-bond acceptors (Lipinski definition) is 8. The van der Waals surface area contributed by atoms with Crippen molar-refractivity contribution < 1.29 is 23.5 Å². The summed E-state index contributed by atoms with van der Waals surface area (Å²) in [5.41, 5.74) is 3.26. The topological polar surface area (TPSA) is 108 Å². The molecule has 3 aliphatic rings. The fraction of sp³-hybridized carbons (Fsp3) is 0.242. The monoisotopic (exact) mass is 628 g/mol. The molecule has 0 aromatic heterocycles. The second-order valence-electron chi connectivity index (χ2n) is 10.6. The standard InChI is InChI=1S/C33H33FN6O4S/c1-2-28-30-31(40(33(42)38-28)25-10-12-26(13-11-25)44-27-5-3-4-23(34)18-27)35-21-36-32(30)45-20-29(41)37-24-8-6-22(7-9-24)19-39-14-16-43-17-15-39/h2-13,18,21,28,32H,1,14-17,19-20H2,(H,35,36)(H,37,41)(H,38,42). The van der Waals surface area contributed by atoms with Crippen LogP contribution in [0.2, 0.25) is 0 Å². The molecule has 12 heteroatoms. The van der Waals surface area contributed by atoms with Crippen LogP contribution >= 0.6 is 11.8 Å². The van der Waals surface area contributed by atoms with Gasteiger partial charge in [-0.3, -0.25) is 14.7 Å². The normalized spacial score (nSPS) is 19.8. The van der Waals surface area contributed by atoms with E-state index in [1.165, 1.54) is 40.7 Å². The lowest BCUT2D eigenvalue weighted by Crippen LogP contribution is -2.55. The van der Waals surface area contributed by atoms with Crippen LogP contribution in [0.4, 0.5) is 20.6 Å². The Kier molecular flexibility index (Phi) is 9.44. The average Bonchev–Trinajstić information content (AvgIpc) is 3.05. The number of ether oxygens (including phenoxy) is 2. The number of anilines is 2. The lowest BCUT2D eigenvalue weighted by atomic mass is 10.0. The first-order valence-corrected chi connectivity index (χ1v) is 15.6. The Morgan fingerprint density at radius 3 is 2.62 bits per heavy atom. The number of urea groups is 1. The van der Waals surface area contributed by atoms with Crippen molar-refractivity contribution in [3.63, 3.8) is 0 Å². The van der Waals surface area contributed by atoms with E-state index in [-0.39, 0.29) is 17.7 Å². The zero-order valence-corrected chi connectivity index (χ0v) is 25.3. The van der Waals surface area contributed by atoms with Crippen LogP contribution in [-0.4, -0.2) is 66.6 Å². The maximum Gasteiger partial charge on any atom is 0.328 e. The lowest BCUT2D eigenvalue weighted by Gasteiger charge is -2.39. The molecule has 3 aromatic carbocycles. The number of benzene rings is 3. The predicted molar refractivity (Wildman–Crippen MR) is 174 cm³/mol. The Bertz CT molecular complexity index is 1610. The second-order valence-corrected chi connectivity index (χ2v) is 11.6. The van der Waals surface area contributed by atoms with E-state index in [0.29, 0.717) is 23.0 Å². The maximum atomic E-state index is 13.6. The molecule has 10 nitrogen and oxygen atoms in total. The first-order valence-electron chi connectivity index (χ1n) is 14.6. The van der Waals surface area contributed by atoms with Crippen LogP contribution in [-0.2, 0) is 16.1 Å². The van der Waals surface area contributed by atoms with Crippen molar-refractivity contribution in [2.75, 3.05) is 42.3 Å². The quantitative estimate of drug-likeness (QED) is 0.269. The number of rotatable bonds is 10. The van der Waals surface area contributed by atoms with Gasteiger partial charge < -0.3 is 25.4 Å². The summed E-state index contributed by atoms with van der Waals surface area (Å²) in [6.45, 7) is 8.10. The molecule has 2 atom stereocenters. The van der Waals surface area contributed by atoms with E-state index in [4.69, 9.17) is 9.47 Å². The minimum Gasteiger partial charge on any atom is -0.457 e. The molecule has 3 aliphatic heterocycles. The van der Waals surface area contributed by atoms with Crippen molar-refractivity contribution in [1.82, 2.24) is 15.5 Å². The van der Waals surface area contributed by atoms with E-state index < -0.39 is 17.2 Å². The van der Waals surface area contributed by atoms with Gasteiger partial charge >= 0.3 is 6.03 Å². The van der Waals surface area contributed by atoms with Crippen molar-refractivity contribution in [3.05, 3.63) is 108 Å². The van der Waals surface area contributed by atoms with Crippen LogP contribution in [0, 0.1) is 5.82 Å². The summed E-state index contributed by atoms with van der Waals surface area (Å²) >= 11 is 1.36. The Balaban J connectivity index is 1.11. The zero-order valence-electron chi connectivity index (χ0n) is 24.4. The number of nitrogens with one attached hydrogen (secondary N) is 3. The third-order valence-electron chi connectivity index (χ3n) is 7.47. The van der Waals surface area contributed by atoms with Gasteiger partial charge in [-0.05, 0) is 54.1 Å². The molecule has 6 rings (SSSR count). The third kappa shape index (κ3) is 7.36. The molecule has 3 amide bonds. The molecule has 2 unspecified atom stereocenters. The Morgan fingerprint density at radius 2 is 1.89 bits per heavy atom. The first-order chi connectivity index (χ1) is 22.0. The molecule has 45 heavy (non-hydrogen) atoms. The molecular formula is C33H33FN6O4S. The highest BCUT2D eigenvalue weighted by Gasteiger charge is 2.38. The Morgan fingerprint density at radius 1 is 1.11 bits per heavy atom. The van der Waals surface area contributed by atoms with Gasteiger partial charge in [0.25, 0.3) is 0 Å². The second kappa shape index (κ2) is 14.0. The molecule has 0 saturated carbocycles. The smallest absolute Gasteiger partial charge is 0.328 e. The van der Waals surface area contributed by atoms with Crippen LogP contribution in [0.25, 0.3) is 0 Å². The molecule has 1 saturated heterocycles. The molecule has 1 fully saturated rings. The zero-order chi connectivity index (χ0) is 31.2. The van der Waals surface area contributed by atoms with Gasteiger partial charge in [0.15, 0.2) is 0 Å². The number of hydrogen-bond donors (Lipinski definition) is 3. The van der Waals surface area contributed by atoms with Crippen molar-refractivity contribution >= 4 is 41.4 Å². The fourth-order valence-corrected chi connectivity index (χ4v) is 6.24. The largest absolute Gasteiger partial charge is 0.457 e. The van der Waals surface area contributed by atoms with Gasteiger partial charge in [-0.1, -0.05) is 24.3 Å². The van der Waals surface area contributed by atoms with Gasteiger partial charge in [-0.25, -0.2) is 14.1 Å². The molecule has 3 heterocycles. The summed E-state index contributed by atoms with van der Waals surface area (Å²) in [6, 6.07) is 19.8. The van der Waals surface area contributed by atoms with E-state index in [1.807, 2.05) is 24.3 Å². The average molecular weight is 629 g/mol. The van der Waals surface area contributed by atoms with E-state index in [2.05, 4.69) is 32.4 Å². The van der Waals surface area contributed by atoms with E-state index in [1.54, 1.807) is 42.5 Å². The van der Waals surface area contributed by atoms with Crippen molar-refractivity contribution in [2.24, 2.45) is 4.99 Å². The maximum absolute atomic E-state index is 13.6. The third-order valence-corrected chi connectivity index (χ3v) is 8.59. The van der Waals surface area contributed by atoms with Crippen LogP contribution < -0.4 is 25.6 Å². The van der Waals surface area contributed by atoms with Crippen LogP contribution in [0.15, 0.2) is 102 Å². The number of morpholine rings is 1. The Labute approximate surface area is 265 Å². The predicted octanol–water partition coefficient (Wildman–Crippen LogP) is 5.08. The number of carbonyl (C=O) groups is 2. The van der Waals surface area contributed by atoms with Gasteiger partial charge in [0, 0.05) is 37.0 Å². The van der Waals surface area contributed by atoms with Gasteiger partial charge in [-0.2, -0.15) is 0 Å². The van der Waals surface area contributed by atoms with Gasteiger partial charge in [0.1, 0.15) is 28.5 Å². The van der Waals surface area contributed by atoms with E-state index >= 15 is 0 Å². The van der Waals surface area contributed by atoms with Crippen LogP contribution in [0.5, 0.6) is 11.5 Å². The van der Waals surface area contributed by atoms with E-state index in [9.17, 15) is 14.0 Å². The number of halogens is 1. The highest BCUT2D eigenvalue weighted by Crippen LogP contribution is 2.35. The molecule has 0 radical (unpaired) electrons. The summed E-state index contributed by atoms with van der Waals surface area (Å²) in [4.78, 5) is 34.6. The molecule has 0 spiro atoms. The fourth-order valence-electron chi connectivity index (χ4n) is 5.28. The number of thioether (sulfide) groups is 1. The van der Waals surface area contributed by atoms with Crippen LogP contribution in [0.1, 0.15) is 5.56 Å². The molecular weight excluding hydrogens is 595 g/mol. The summed E-state index contributed by atoms with van der Waals surface area (Å²) in [7, 11) is 0. The number of nitrogens with zero attached hydrogens (tertiary/aromatic N) is 3. The summed E-state index contributed by atoms with van der Waals surface area (Å²) < 4.78 is 24.7. The summed E-state index contributed by atoms with van der Waals surface area (Å²) in [6.07, 6.45) is 3.18. The minimum absolute atomic E-state index is 0.151. The van der Waals surface area contributed by atoms with Gasteiger partial charge in [0.05, 0.1) is 37.0 Å². The minimum atomic E-state index is -0.483. The SMILES string of the molecule is C=CC1NC(=O)N(c2ccc(Oc3cccc(F)c3)cc2)C2=C1C(SCC(=O)Nc1ccc(CN3CCOCC3)cc1)N=CN2. The number of carbonyl (C=O) groups excluding carboxylic acids is 2. The number of aliphatic imine (C=N–C) groups is 1. The van der Waals surface area contributed by atoms with Gasteiger partial charge in [-0.15, -0.1) is 18.3 Å². The van der Waals surface area contributed by atoms with Crippen molar-refractivity contribution in [1.29, 1.82) is 0 Å². The highest BCUT2D eigenvalue weighted by atomic mass is 32.2. The van der Waals surface area contributed by atoms with Crippen molar-refractivity contribution in [2.45, 2.75) is 18.0 Å². The van der Waals surface area contributed by atoms with E-state index in [0.717, 1.165) is 44.1 Å². The molecule has 232 valence electrons. The molecule has 0 bridgehead atoms.